The lowest BCUT2D eigenvalue weighted by molar-refractivity contribution is -0.143. The molecule has 1 aromatic carbocycles. The Morgan fingerprint density at radius 1 is 1.13 bits per heavy atom. The summed E-state index contributed by atoms with van der Waals surface area (Å²) in [7, 11) is 0. The van der Waals surface area contributed by atoms with Crippen LogP contribution in [0.5, 0.6) is 0 Å². The minimum Gasteiger partial charge on any atom is -0.481 e. The first-order chi connectivity index (χ1) is 14.9. The van der Waals surface area contributed by atoms with Gasteiger partial charge in [-0.05, 0) is 73.5 Å². The maximum absolute atomic E-state index is 14.7. The van der Waals surface area contributed by atoms with Crippen molar-refractivity contribution in [3.63, 3.8) is 0 Å². The number of unbranched alkanes of at least 4 members (excludes halogenated alkanes) is 2. The molecule has 2 nitrogen and oxygen atoms in total. The molecule has 0 saturated heterocycles. The number of carboxylic acid groups (broad SMARTS) is 1. The molecule has 0 atom stereocenters. The third-order valence-electron chi connectivity index (χ3n) is 7.79. The van der Waals surface area contributed by atoms with Crippen molar-refractivity contribution in [1.82, 2.24) is 0 Å². The molecule has 1 aromatic rings. The zero-order chi connectivity index (χ0) is 22.4. The van der Waals surface area contributed by atoms with Crippen LogP contribution in [0.4, 0.5) is 13.2 Å². The summed E-state index contributed by atoms with van der Waals surface area (Å²) in [6.45, 7) is 2.22. The SMILES string of the molecule is CCCCCC1CCC(C2(c3ccc(SC(F)F)c(F)c3)CCC(C(=O)O)CC2)CC1. The van der Waals surface area contributed by atoms with Gasteiger partial charge in [0.1, 0.15) is 5.82 Å². The van der Waals surface area contributed by atoms with Gasteiger partial charge in [-0.15, -0.1) is 0 Å². The summed E-state index contributed by atoms with van der Waals surface area (Å²) >= 11 is 0.243. The van der Waals surface area contributed by atoms with E-state index in [0.29, 0.717) is 18.8 Å². The van der Waals surface area contributed by atoms with Crippen LogP contribution in [-0.4, -0.2) is 16.8 Å². The highest BCUT2D eigenvalue weighted by molar-refractivity contribution is 7.99. The van der Waals surface area contributed by atoms with Crippen molar-refractivity contribution < 1.29 is 23.1 Å². The highest BCUT2D eigenvalue weighted by atomic mass is 32.2. The largest absolute Gasteiger partial charge is 0.481 e. The predicted molar refractivity (Wildman–Crippen MR) is 119 cm³/mol. The molecule has 2 aliphatic carbocycles. The van der Waals surface area contributed by atoms with Crippen LogP contribution in [0.2, 0.25) is 0 Å². The van der Waals surface area contributed by atoms with Crippen molar-refractivity contribution in [1.29, 1.82) is 0 Å². The first kappa shape index (κ1) is 24.5. The minimum absolute atomic E-state index is 0.0206. The fraction of sp³-hybridized carbons (Fsp3) is 0.720. The number of hydrogen-bond donors (Lipinski definition) is 1. The van der Waals surface area contributed by atoms with Crippen LogP contribution in [0.25, 0.3) is 0 Å². The van der Waals surface area contributed by atoms with E-state index in [9.17, 15) is 23.1 Å². The van der Waals surface area contributed by atoms with Crippen LogP contribution in [0.15, 0.2) is 23.1 Å². The van der Waals surface area contributed by atoms with Crippen LogP contribution in [0.1, 0.15) is 89.5 Å². The number of rotatable bonds is 9. The molecule has 2 aliphatic rings. The summed E-state index contributed by atoms with van der Waals surface area (Å²) in [6, 6.07) is 4.77. The van der Waals surface area contributed by atoms with E-state index < -0.39 is 17.5 Å². The topological polar surface area (TPSA) is 37.3 Å². The highest BCUT2D eigenvalue weighted by Gasteiger charge is 2.45. The zero-order valence-electron chi connectivity index (χ0n) is 18.4. The van der Waals surface area contributed by atoms with E-state index in [0.717, 1.165) is 37.2 Å². The first-order valence-electron chi connectivity index (χ1n) is 11.8. The van der Waals surface area contributed by atoms with Gasteiger partial charge in [-0.25, -0.2) is 4.39 Å². The van der Waals surface area contributed by atoms with Crippen LogP contribution < -0.4 is 0 Å². The van der Waals surface area contributed by atoms with Gasteiger partial charge in [-0.2, -0.15) is 8.78 Å². The standard InChI is InChI=1S/C25H35F3O2S/c1-2-3-4-5-17-6-8-19(9-7-17)25(14-12-18(13-15-25)23(29)30)20-10-11-22(21(26)16-20)31-24(27)28/h10-11,16-19,24H,2-9,12-15H2,1H3,(H,29,30). The molecule has 3 rings (SSSR count). The van der Waals surface area contributed by atoms with Crippen LogP contribution >= 0.6 is 11.8 Å². The summed E-state index contributed by atoms with van der Waals surface area (Å²) < 4.78 is 40.2. The zero-order valence-corrected chi connectivity index (χ0v) is 19.2. The molecule has 0 radical (unpaired) electrons. The number of carboxylic acids is 1. The van der Waals surface area contributed by atoms with E-state index in [1.54, 1.807) is 0 Å². The lowest BCUT2D eigenvalue weighted by Crippen LogP contribution is -2.42. The molecule has 0 aliphatic heterocycles. The molecule has 2 fully saturated rings. The molecule has 0 bridgehead atoms. The summed E-state index contributed by atoms with van der Waals surface area (Å²) in [4.78, 5) is 11.5. The average Bonchev–Trinajstić information content (AvgIpc) is 2.75. The van der Waals surface area contributed by atoms with Crippen molar-refractivity contribution in [3.05, 3.63) is 29.6 Å². The Labute approximate surface area is 188 Å². The van der Waals surface area contributed by atoms with Gasteiger partial charge in [0, 0.05) is 4.90 Å². The Balaban J connectivity index is 1.79. The second kappa shape index (κ2) is 11.1. The predicted octanol–water partition coefficient (Wildman–Crippen LogP) is 8.04. The minimum atomic E-state index is -2.65. The van der Waals surface area contributed by atoms with Gasteiger partial charge in [0.2, 0.25) is 0 Å². The number of aliphatic carboxylic acids is 1. The summed E-state index contributed by atoms with van der Waals surface area (Å²) in [5, 5.41) is 9.46. The summed E-state index contributed by atoms with van der Waals surface area (Å²) in [5.74, 6) is -3.16. The molecule has 1 N–H and O–H groups in total. The fourth-order valence-corrected chi connectivity index (χ4v) is 6.51. The third kappa shape index (κ3) is 6.00. The van der Waals surface area contributed by atoms with Crippen molar-refractivity contribution in [2.24, 2.45) is 17.8 Å². The van der Waals surface area contributed by atoms with Crippen molar-refractivity contribution >= 4 is 17.7 Å². The van der Waals surface area contributed by atoms with Gasteiger partial charge in [-0.1, -0.05) is 63.3 Å². The third-order valence-corrected chi connectivity index (χ3v) is 8.56. The van der Waals surface area contributed by atoms with E-state index in [4.69, 9.17) is 0 Å². The van der Waals surface area contributed by atoms with Gasteiger partial charge in [0.15, 0.2) is 0 Å². The second-order valence-electron chi connectivity index (χ2n) is 9.51. The molecule has 0 unspecified atom stereocenters. The van der Waals surface area contributed by atoms with E-state index >= 15 is 0 Å². The number of carbonyl (C=O) groups is 1. The van der Waals surface area contributed by atoms with E-state index in [1.807, 2.05) is 6.07 Å². The Morgan fingerprint density at radius 2 is 1.81 bits per heavy atom. The molecule has 0 amide bonds. The Morgan fingerprint density at radius 3 is 2.35 bits per heavy atom. The molecule has 2 saturated carbocycles. The van der Waals surface area contributed by atoms with Gasteiger partial charge >= 0.3 is 5.97 Å². The number of thioether (sulfide) groups is 1. The van der Waals surface area contributed by atoms with Gasteiger partial charge in [-0.3, -0.25) is 4.79 Å². The van der Waals surface area contributed by atoms with Crippen molar-refractivity contribution in [2.45, 2.75) is 100 Å². The maximum Gasteiger partial charge on any atom is 0.306 e. The Bertz CT molecular complexity index is 723. The number of alkyl halides is 2. The van der Waals surface area contributed by atoms with Crippen LogP contribution in [-0.2, 0) is 10.2 Å². The molecular weight excluding hydrogens is 421 g/mol. The average molecular weight is 457 g/mol. The monoisotopic (exact) mass is 456 g/mol. The normalized spacial score (nSPS) is 29.3. The lowest BCUT2D eigenvalue weighted by Gasteiger charge is -2.48. The summed E-state index contributed by atoms with van der Waals surface area (Å²) in [5.41, 5.74) is 0.636. The molecule has 0 spiro atoms. The quantitative estimate of drug-likeness (QED) is 0.302. The first-order valence-corrected chi connectivity index (χ1v) is 12.7. The van der Waals surface area contributed by atoms with Gasteiger partial charge < -0.3 is 5.11 Å². The smallest absolute Gasteiger partial charge is 0.306 e. The fourth-order valence-electron chi connectivity index (χ4n) is 6.00. The maximum atomic E-state index is 14.7. The second-order valence-corrected chi connectivity index (χ2v) is 10.5. The molecule has 0 heterocycles. The van der Waals surface area contributed by atoms with Gasteiger partial charge in [0.05, 0.1) is 5.92 Å². The molecule has 0 aromatic heterocycles. The molecule has 174 valence electrons. The molecule has 6 heteroatoms. The van der Waals surface area contributed by atoms with Crippen molar-refractivity contribution in [3.8, 4) is 0 Å². The van der Waals surface area contributed by atoms with E-state index in [-0.39, 0.29) is 28.0 Å². The highest BCUT2D eigenvalue weighted by Crippen LogP contribution is 2.52. The number of halogens is 3. The van der Waals surface area contributed by atoms with E-state index in [2.05, 4.69) is 6.92 Å². The van der Waals surface area contributed by atoms with E-state index in [1.165, 1.54) is 50.7 Å². The van der Waals surface area contributed by atoms with Crippen LogP contribution in [0.3, 0.4) is 0 Å². The number of hydrogen-bond acceptors (Lipinski definition) is 2. The summed E-state index contributed by atoms with van der Waals surface area (Å²) in [6.07, 6.45) is 12.3. The van der Waals surface area contributed by atoms with Crippen molar-refractivity contribution in [2.75, 3.05) is 0 Å². The van der Waals surface area contributed by atoms with Gasteiger partial charge in [0.25, 0.3) is 5.76 Å². The molecule has 31 heavy (non-hydrogen) atoms. The number of benzene rings is 1. The Kier molecular flexibility index (Phi) is 8.77. The Hall–Kier alpha value is -1.17. The lowest BCUT2D eigenvalue weighted by atomic mass is 9.56. The van der Waals surface area contributed by atoms with Crippen LogP contribution in [0, 0.1) is 23.6 Å². The molecular formula is C25H35F3O2S.